The fraction of sp³-hybridized carbons (Fsp3) is 0.179. The van der Waals surface area contributed by atoms with Gasteiger partial charge in [0.25, 0.3) is 11.8 Å². The number of rotatable bonds is 8. The standard InChI is InChI=1S/C28H25F2N7O4/c1-16-12-17(6-8-19(16)27(39)35(2)3)40-18-7-9-23(41-28(29)30)20(13-18)24-22(15-36(4)34-24)33-26(38)21-14-32-37-11-5-10-31-25(21)37/h5-15,28H,1-4H3,(H,33,38). The fourth-order valence-electron chi connectivity index (χ4n) is 4.23. The van der Waals surface area contributed by atoms with Crippen molar-refractivity contribution in [2.45, 2.75) is 13.5 Å². The molecule has 0 fully saturated rings. The molecule has 0 unspecified atom stereocenters. The van der Waals surface area contributed by atoms with Gasteiger partial charge in [-0.05, 0) is 55.0 Å². The molecule has 5 aromatic rings. The van der Waals surface area contributed by atoms with E-state index in [1.54, 1.807) is 58.5 Å². The summed E-state index contributed by atoms with van der Waals surface area (Å²) in [5, 5.41) is 11.3. The number of alkyl halides is 2. The molecule has 11 nitrogen and oxygen atoms in total. The number of amides is 2. The molecule has 0 aliphatic rings. The minimum Gasteiger partial charge on any atom is -0.457 e. The number of ether oxygens (including phenoxy) is 2. The van der Waals surface area contributed by atoms with Crippen LogP contribution in [0.4, 0.5) is 14.5 Å². The minimum absolute atomic E-state index is 0.144. The van der Waals surface area contributed by atoms with Gasteiger partial charge in [0.05, 0.1) is 17.4 Å². The average Bonchev–Trinajstić information content (AvgIpc) is 3.52. The Morgan fingerprint density at radius 1 is 1.07 bits per heavy atom. The third kappa shape index (κ3) is 5.69. The molecule has 0 radical (unpaired) electrons. The normalized spacial score (nSPS) is 11.1. The first kappa shape index (κ1) is 27.2. The van der Waals surface area contributed by atoms with Crippen LogP contribution in [0, 0.1) is 6.92 Å². The van der Waals surface area contributed by atoms with E-state index >= 15 is 0 Å². The second kappa shape index (κ2) is 11.0. The quantitative estimate of drug-likeness (QED) is 0.290. The highest BCUT2D eigenvalue weighted by atomic mass is 19.3. The van der Waals surface area contributed by atoms with E-state index in [9.17, 15) is 18.4 Å². The van der Waals surface area contributed by atoms with E-state index in [-0.39, 0.29) is 34.2 Å². The van der Waals surface area contributed by atoms with Crippen molar-refractivity contribution in [1.29, 1.82) is 0 Å². The largest absolute Gasteiger partial charge is 0.457 e. The van der Waals surface area contributed by atoms with Gasteiger partial charge in [-0.25, -0.2) is 9.50 Å². The summed E-state index contributed by atoms with van der Waals surface area (Å²) in [5.41, 5.74) is 2.37. The summed E-state index contributed by atoms with van der Waals surface area (Å²) in [5.74, 6) is -0.0971. The molecule has 210 valence electrons. The average molecular weight is 562 g/mol. The first-order valence-corrected chi connectivity index (χ1v) is 12.3. The van der Waals surface area contributed by atoms with Crippen molar-refractivity contribution in [2.24, 2.45) is 7.05 Å². The lowest BCUT2D eigenvalue weighted by molar-refractivity contribution is -0.0494. The van der Waals surface area contributed by atoms with Crippen LogP contribution in [0.2, 0.25) is 0 Å². The van der Waals surface area contributed by atoms with Crippen LogP contribution in [-0.4, -0.2) is 61.8 Å². The van der Waals surface area contributed by atoms with Crippen molar-refractivity contribution in [3.63, 3.8) is 0 Å². The summed E-state index contributed by atoms with van der Waals surface area (Å²) in [6, 6.07) is 11.0. The maximum atomic E-state index is 13.3. The van der Waals surface area contributed by atoms with Gasteiger partial charge in [0.2, 0.25) is 0 Å². The third-order valence-corrected chi connectivity index (χ3v) is 6.09. The predicted molar refractivity (Wildman–Crippen MR) is 145 cm³/mol. The van der Waals surface area contributed by atoms with Crippen LogP contribution >= 0.6 is 0 Å². The lowest BCUT2D eigenvalue weighted by Gasteiger charge is -2.15. The maximum absolute atomic E-state index is 13.3. The van der Waals surface area contributed by atoms with Gasteiger partial charge >= 0.3 is 6.61 Å². The number of carbonyl (C=O) groups is 2. The zero-order valence-corrected chi connectivity index (χ0v) is 22.5. The molecule has 1 N–H and O–H groups in total. The molecule has 0 aliphatic heterocycles. The van der Waals surface area contributed by atoms with Gasteiger partial charge in [0.1, 0.15) is 28.5 Å². The smallest absolute Gasteiger partial charge is 0.387 e. The van der Waals surface area contributed by atoms with Crippen LogP contribution in [0.25, 0.3) is 16.9 Å². The first-order chi connectivity index (χ1) is 19.6. The number of anilines is 1. The summed E-state index contributed by atoms with van der Waals surface area (Å²) in [6.07, 6.45) is 6.11. The Kier molecular flexibility index (Phi) is 7.34. The lowest BCUT2D eigenvalue weighted by Crippen LogP contribution is -2.22. The van der Waals surface area contributed by atoms with Crippen molar-refractivity contribution in [3.8, 4) is 28.5 Å². The van der Waals surface area contributed by atoms with Gasteiger partial charge in [-0.1, -0.05) is 0 Å². The minimum atomic E-state index is -3.10. The SMILES string of the molecule is Cc1cc(Oc2ccc(OC(F)F)c(-c3nn(C)cc3NC(=O)c3cnn4cccnc34)c2)ccc1C(=O)N(C)C. The van der Waals surface area contributed by atoms with Gasteiger partial charge in [0, 0.05) is 45.3 Å². The van der Waals surface area contributed by atoms with E-state index in [4.69, 9.17) is 9.47 Å². The summed E-state index contributed by atoms with van der Waals surface area (Å²) in [7, 11) is 4.96. The van der Waals surface area contributed by atoms with Crippen LogP contribution in [0.15, 0.2) is 67.3 Å². The Labute approximate surface area is 232 Å². The summed E-state index contributed by atoms with van der Waals surface area (Å²) in [4.78, 5) is 31.2. The van der Waals surface area contributed by atoms with Crippen molar-refractivity contribution < 1.29 is 27.8 Å². The van der Waals surface area contributed by atoms with Gasteiger partial charge in [-0.2, -0.15) is 19.0 Å². The summed E-state index contributed by atoms with van der Waals surface area (Å²) >= 11 is 0. The summed E-state index contributed by atoms with van der Waals surface area (Å²) < 4.78 is 40.3. The van der Waals surface area contributed by atoms with Gasteiger partial charge in [-0.3, -0.25) is 14.3 Å². The highest BCUT2D eigenvalue weighted by Crippen LogP contribution is 2.39. The molecule has 0 saturated carbocycles. The Balaban J connectivity index is 1.49. The molecule has 0 saturated heterocycles. The fourth-order valence-corrected chi connectivity index (χ4v) is 4.23. The molecule has 0 bridgehead atoms. The second-order valence-corrected chi connectivity index (χ2v) is 9.28. The van der Waals surface area contributed by atoms with Gasteiger partial charge in [-0.15, -0.1) is 0 Å². The van der Waals surface area contributed by atoms with Crippen LogP contribution < -0.4 is 14.8 Å². The van der Waals surface area contributed by atoms with E-state index in [2.05, 4.69) is 20.5 Å². The number of halogens is 2. The molecule has 41 heavy (non-hydrogen) atoms. The van der Waals surface area contributed by atoms with Gasteiger partial charge < -0.3 is 19.7 Å². The molecule has 0 aliphatic carbocycles. The third-order valence-electron chi connectivity index (χ3n) is 6.09. The number of hydrogen-bond acceptors (Lipinski definition) is 7. The van der Waals surface area contributed by atoms with Crippen molar-refractivity contribution in [1.82, 2.24) is 29.3 Å². The second-order valence-electron chi connectivity index (χ2n) is 9.28. The lowest BCUT2D eigenvalue weighted by atomic mass is 10.1. The number of fused-ring (bicyclic) bond motifs is 1. The number of hydrogen-bond donors (Lipinski definition) is 1. The number of nitrogens with one attached hydrogen (secondary N) is 1. The van der Waals surface area contributed by atoms with Crippen molar-refractivity contribution >= 4 is 23.1 Å². The van der Waals surface area contributed by atoms with Crippen LogP contribution in [0.3, 0.4) is 0 Å². The number of nitrogens with zero attached hydrogens (tertiary/aromatic N) is 6. The molecular weight excluding hydrogens is 536 g/mol. The van der Waals surface area contributed by atoms with E-state index in [0.717, 1.165) is 0 Å². The predicted octanol–water partition coefficient (Wildman–Crippen LogP) is 4.79. The van der Waals surface area contributed by atoms with E-state index in [0.29, 0.717) is 28.3 Å². The Hall–Kier alpha value is -5.33. The molecule has 13 heteroatoms. The van der Waals surface area contributed by atoms with Crippen molar-refractivity contribution in [2.75, 3.05) is 19.4 Å². The van der Waals surface area contributed by atoms with Crippen LogP contribution in [0.1, 0.15) is 26.3 Å². The van der Waals surface area contributed by atoms with Gasteiger partial charge in [0.15, 0.2) is 5.65 Å². The van der Waals surface area contributed by atoms with E-state index < -0.39 is 12.5 Å². The topological polar surface area (TPSA) is 116 Å². The Morgan fingerprint density at radius 2 is 1.83 bits per heavy atom. The van der Waals surface area contributed by atoms with Crippen LogP contribution in [0.5, 0.6) is 17.2 Å². The Bertz CT molecular complexity index is 1760. The van der Waals surface area contributed by atoms with E-state index in [1.165, 1.54) is 50.9 Å². The zero-order valence-electron chi connectivity index (χ0n) is 22.5. The molecule has 3 aromatic heterocycles. The number of aryl methyl sites for hydroxylation is 2. The molecule has 2 amide bonds. The molecule has 5 rings (SSSR count). The first-order valence-electron chi connectivity index (χ1n) is 12.3. The number of benzene rings is 2. The molecule has 2 aromatic carbocycles. The highest BCUT2D eigenvalue weighted by Gasteiger charge is 2.22. The molecular formula is C28H25F2N7O4. The summed E-state index contributed by atoms with van der Waals surface area (Å²) in [6.45, 7) is -1.31. The maximum Gasteiger partial charge on any atom is 0.387 e. The number of aromatic nitrogens is 5. The van der Waals surface area contributed by atoms with Crippen LogP contribution in [-0.2, 0) is 7.05 Å². The Morgan fingerprint density at radius 3 is 2.56 bits per heavy atom. The molecule has 3 heterocycles. The zero-order chi connectivity index (χ0) is 29.3. The number of carbonyl (C=O) groups excluding carboxylic acids is 2. The monoisotopic (exact) mass is 561 g/mol. The van der Waals surface area contributed by atoms with Crippen molar-refractivity contribution in [3.05, 3.63) is 83.9 Å². The molecule has 0 spiro atoms. The highest BCUT2D eigenvalue weighted by molar-refractivity contribution is 6.09. The van der Waals surface area contributed by atoms with E-state index in [1.807, 2.05) is 0 Å². The molecule has 0 atom stereocenters.